The van der Waals surface area contributed by atoms with Crippen molar-refractivity contribution < 1.29 is 14.3 Å². The van der Waals surface area contributed by atoms with Crippen molar-refractivity contribution in [1.29, 1.82) is 0 Å². The number of rotatable bonds is 4. The highest BCUT2D eigenvalue weighted by atomic mass is 32.1. The van der Waals surface area contributed by atoms with E-state index in [2.05, 4.69) is 4.98 Å². The summed E-state index contributed by atoms with van der Waals surface area (Å²) in [5, 5.41) is 0.234. The van der Waals surface area contributed by atoms with Gasteiger partial charge in [-0.05, 0) is 6.42 Å². The standard InChI is InChI=1S/C9H11NO3S/c1-3-6(2)8(12)13-9-10-4-7(5-11)14-9/h4-6H,3H2,1-2H3. The lowest BCUT2D eigenvalue weighted by Crippen LogP contribution is -2.16. The van der Waals surface area contributed by atoms with Crippen molar-refractivity contribution in [2.75, 3.05) is 0 Å². The zero-order valence-electron chi connectivity index (χ0n) is 8.02. The van der Waals surface area contributed by atoms with E-state index in [4.69, 9.17) is 4.74 Å². The average Bonchev–Trinajstić information content (AvgIpc) is 2.64. The quantitative estimate of drug-likeness (QED) is 0.566. The number of thiazole rings is 1. The average molecular weight is 213 g/mol. The van der Waals surface area contributed by atoms with Gasteiger partial charge in [0.25, 0.3) is 5.19 Å². The van der Waals surface area contributed by atoms with E-state index >= 15 is 0 Å². The van der Waals surface area contributed by atoms with Crippen LogP contribution in [0.25, 0.3) is 0 Å². The topological polar surface area (TPSA) is 56.3 Å². The van der Waals surface area contributed by atoms with E-state index in [0.717, 1.165) is 17.8 Å². The highest BCUT2D eigenvalue weighted by molar-refractivity contribution is 7.15. The monoisotopic (exact) mass is 213 g/mol. The molecule has 14 heavy (non-hydrogen) atoms. The van der Waals surface area contributed by atoms with E-state index in [9.17, 15) is 9.59 Å². The third-order valence-corrected chi connectivity index (χ3v) is 2.62. The first-order chi connectivity index (χ1) is 6.67. The molecule has 1 rings (SSSR count). The van der Waals surface area contributed by atoms with Crippen molar-refractivity contribution in [1.82, 2.24) is 4.98 Å². The van der Waals surface area contributed by atoms with Gasteiger partial charge in [-0.25, -0.2) is 4.98 Å². The van der Waals surface area contributed by atoms with Gasteiger partial charge in [0.1, 0.15) is 0 Å². The van der Waals surface area contributed by atoms with Crippen LogP contribution in [0.2, 0.25) is 0 Å². The second-order valence-corrected chi connectivity index (χ2v) is 3.90. The molecular weight excluding hydrogens is 202 g/mol. The Morgan fingerprint density at radius 1 is 1.79 bits per heavy atom. The van der Waals surface area contributed by atoms with Crippen LogP contribution in [0, 0.1) is 5.92 Å². The normalized spacial score (nSPS) is 12.1. The van der Waals surface area contributed by atoms with Gasteiger partial charge in [0.15, 0.2) is 6.29 Å². The molecule has 0 aliphatic carbocycles. The molecule has 4 nitrogen and oxygen atoms in total. The largest absolute Gasteiger partial charge is 0.398 e. The number of ether oxygens (including phenoxy) is 1. The maximum Gasteiger partial charge on any atom is 0.315 e. The molecule has 0 spiro atoms. The minimum Gasteiger partial charge on any atom is -0.398 e. The Morgan fingerprint density at radius 2 is 2.50 bits per heavy atom. The Balaban J connectivity index is 2.60. The summed E-state index contributed by atoms with van der Waals surface area (Å²) in [6.07, 6.45) is 2.79. The number of nitrogens with zero attached hydrogens (tertiary/aromatic N) is 1. The summed E-state index contributed by atoms with van der Waals surface area (Å²) < 4.78 is 4.96. The van der Waals surface area contributed by atoms with Crippen LogP contribution in [0.15, 0.2) is 6.20 Å². The lowest BCUT2D eigenvalue weighted by molar-refractivity contribution is -0.138. The molecule has 0 fully saturated rings. The third kappa shape index (κ3) is 2.63. The van der Waals surface area contributed by atoms with Crippen molar-refractivity contribution in [3.63, 3.8) is 0 Å². The molecule has 1 aromatic rings. The third-order valence-electron chi connectivity index (χ3n) is 1.82. The SMILES string of the molecule is CCC(C)C(=O)Oc1ncc(C=O)s1. The van der Waals surface area contributed by atoms with E-state index in [0.29, 0.717) is 11.2 Å². The van der Waals surface area contributed by atoms with Crippen molar-refractivity contribution in [2.24, 2.45) is 5.92 Å². The summed E-state index contributed by atoms with van der Waals surface area (Å²) in [4.78, 5) is 25.9. The Labute approximate surface area is 85.9 Å². The van der Waals surface area contributed by atoms with Gasteiger partial charge in [0.2, 0.25) is 0 Å². The number of aromatic nitrogens is 1. The molecule has 0 amide bonds. The van der Waals surface area contributed by atoms with E-state index in [1.54, 1.807) is 6.92 Å². The molecule has 1 aromatic heterocycles. The molecule has 1 unspecified atom stereocenters. The molecule has 0 aliphatic heterocycles. The molecular formula is C9H11NO3S. The first kappa shape index (κ1) is 10.8. The highest BCUT2D eigenvalue weighted by Gasteiger charge is 2.14. The molecule has 0 radical (unpaired) electrons. The fraction of sp³-hybridized carbons (Fsp3) is 0.444. The summed E-state index contributed by atoms with van der Waals surface area (Å²) in [6.45, 7) is 3.70. The molecule has 0 saturated carbocycles. The fourth-order valence-electron chi connectivity index (χ4n) is 0.725. The van der Waals surface area contributed by atoms with Gasteiger partial charge >= 0.3 is 5.97 Å². The molecule has 0 aliphatic rings. The van der Waals surface area contributed by atoms with Gasteiger partial charge in [-0.3, -0.25) is 9.59 Å². The van der Waals surface area contributed by atoms with Gasteiger partial charge in [-0.2, -0.15) is 0 Å². The molecule has 76 valence electrons. The van der Waals surface area contributed by atoms with Crippen molar-refractivity contribution in [2.45, 2.75) is 20.3 Å². The number of hydrogen-bond acceptors (Lipinski definition) is 5. The van der Waals surface area contributed by atoms with Crippen LogP contribution >= 0.6 is 11.3 Å². The lowest BCUT2D eigenvalue weighted by atomic mass is 10.1. The smallest absolute Gasteiger partial charge is 0.315 e. The zero-order chi connectivity index (χ0) is 10.6. The van der Waals surface area contributed by atoms with Crippen LogP contribution < -0.4 is 4.74 Å². The molecule has 1 atom stereocenters. The van der Waals surface area contributed by atoms with E-state index in [1.807, 2.05) is 6.92 Å². The van der Waals surface area contributed by atoms with Crippen molar-refractivity contribution in [3.8, 4) is 5.19 Å². The van der Waals surface area contributed by atoms with Crippen molar-refractivity contribution in [3.05, 3.63) is 11.1 Å². The van der Waals surface area contributed by atoms with Gasteiger partial charge < -0.3 is 4.74 Å². The summed E-state index contributed by atoms with van der Waals surface area (Å²) in [5.41, 5.74) is 0. The summed E-state index contributed by atoms with van der Waals surface area (Å²) >= 11 is 1.07. The number of hydrogen-bond donors (Lipinski definition) is 0. The Kier molecular flexibility index (Phi) is 3.76. The number of esters is 1. The lowest BCUT2D eigenvalue weighted by Gasteiger charge is -2.05. The first-order valence-electron chi connectivity index (χ1n) is 4.30. The van der Waals surface area contributed by atoms with Crippen LogP contribution in [0.3, 0.4) is 0 Å². The first-order valence-corrected chi connectivity index (χ1v) is 5.11. The summed E-state index contributed by atoms with van der Waals surface area (Å²) in [5.74, 6) is -0.446. The highest BCUT2D eigenvalue weighted by Crippen LogP contribution is 2.20. The van der Waals surface area contributed by atoms with Crippen LogP contribution in [0.5, 0.6) is 5.19 Å². The van der Waals surface area contributed by atoms with Crippen LogP contribution in [0.4, 0.5) is 0 Å². The maximum absolute atomic E-state index is 11.3. The second-order valence-electron chi connectivity index (χ2n) is 2.88. The van der Waals surface area contributed by atoms with Crippen LogP contribution in [-0.4, -0.2) is 17.2 Å². The van der Waals surface area contributed by atoms with Crippen LogP contribution in [0.1, 0.15) is 29.9 Å². The number of carbonyl (C=O) groups is 2. The molecule has 0 saturated heterocycles. The second kappa shape index (κ2) is 4.85. The predicted molar refractivity (Wildman–Crippen MR) is 52.6 cm³/mol. The molecule has 0 aromatic carbocycles. The molecule has 5 heteroatoms. The number of aldehydes is 1. The minimum absolute atomic E-state index is 0.140. The van der Waals surface area contributed by atoms with Gasteiger partial charge in [0.05, 0.1) is 17.0 Å². The Morgan fingerprint density at radius 3 is 3.00 bits per heavy atom. The molecule has 1 heterocycles. The zero-order valence-corrected chi connectivity index (χ0v) is 8.84. The van der Waals surface area contributed by atoms with E-state index < -0.39 is 0 Å². The van der Waals surface area contributed by atoms with E-state index in [-0.39, 0.29) is 17.1 Å². The molecule has 0 bridgehead atoms. The predicted octanol–water partition coefficient (Wildman–Crippen LogP) is 1.91. The summed E-state index contributed by atoms with van der Waals surface area (Å²) in [6, 6.07) is 0. The Bertz CT molecular complexity index is 335. The fourth-order valence-corrected chi connectivity index (χ4v) is 1.31. The van der Waals surface area contributed by atoms with Gasteiger partial charge in [-0.15, -0.1) is 0 Å². The van der Waals surface area contributed by atoms with Gasteiger partial charge in [0, 0.05) is 0 Å². The van der Waals surface area contributed by atoms with Crippen molar-refractivity contribution >= 4 is 23.6 Å². The minimum atomic E-state index is -0.306. The summed E-state index contributed by atoms with van der Waals surface area (Å²) in [7, 11) is 0. The maximum atomic E-state index is 11.3. The van der Waals surface area contributed by atoms with Crippen LogP contribution in [-0.2, 0) is 4.79 Å². The Hall–Kier alpha value is -1.23. The van der Waals surface area contributed by atoms with E-state index in [1.165, 1.54) is 6.20 Å². The van der Waals surface area contributed by atoms with Gasteiger partial charge in [-0.1, -0.05) is 25.2 Å². The molecule has 0 N–H and O–H groups in total. The number of carbonyl (C=O) groups excluding carboxylic acids is 2.